The van der Waals surface area contributed by atoms with Gasteiger partial charge in [0.15, 0.2) is 5.78 Å². The standard InChI is InChI=1S/C21H16N2O3/c24-16-12-11-15-17-18(19(16)22(15)13-7-3-1-4-8-13)21(26)23(20(17)25)14-9-5-2-6-10-14/h1-12,15,17-19H/t15-,17-,18-,19-/m0/s1. The van der Waals surface area contributed by atoms with E-state index in [0.717, 1.165) is 5.69 Å². The molecule has 26 heavy (non-hydrogen) atoms. The van der Waals surface area contributed by atoms with Crippen LogP contribution in [0.3, 0.4) is 0 Å². The molecule has 2 amide bonds. The van der Waals surface area contributed by atoms with Gasteiger partial charge < -0.3 is 4.90 Å². The predicted molar refractivity (Wildman–Crippen MR) is 96.6 cm³/mol. The number of nitrogens with zero attached hydrogens (tertiary/aromatic N) is 2. The number of anilines is 2. The topological polar surface area (TPSA) is 57.7 Å². The molecule has 2 aromatic carbocycles. The second kappa shape index (κ2) is 5.39. The van der Waals surface area contributed by atoms with Crippen LogP contribution in [0, 0.1) is 11.8 Å². The average molecular weight is 344 g/mol. The summed E-state index contributed by atoms with van der Waals surface area (Å²) in [6.45, 7) is 0. The van der Waals surface area contributed by atoms with Gasteiger partial charge in [0.25, 0.3) is 0 Å². The van der Waals surface area contributed by atoms with Crippen molar-refractivity contribution in [2.75, 3.05) is 9.80 Å². The number of hydrogen-bond donors (Lipinski definition) is 0. The molecule has 2 fully saturated rings. The normalized spacial score (nSPS) is 29.5. The number of imide groups is 1. The minimum atomic E-state index is -0.643. The summed E-state index contributed by atoms with van der Waals surface area (Å²) in [6, 6.07) is 17.6. The molecule has 5 nitrogen and oxygen atoms in total. The van der Waals surface area contributed by atoms with Crippen LogP contribution in [-0.4, -0.2) is 29.7 Å². The molecular weight excluding hydrogens is 328 g/mol. The summed E-state index contributed by atoms with van der Waals surface area (Å²) >= 11 is 0. The Balaban J connectivity index is 1.61. The van der Waals surface area contributed by atoms with Gasteiger partial charge in [-0.3, -0.25) is 14.4 Å². The number of amides is 2. The molecule has 5 rings (SSSR count). The van der Waals surface area contributed by atoms with Crippen LogP contribution >= 0.6 is 0 Å². The van der Waals surface area contributed by atoms with E-state index in [0.29, 0.717) is 5.69 Å². The first-order chi connectivity index (χ1) is 12.7. The van der Waals surface area contributed by atoms with Crippen molar-refractivity contribution in [3.8, 4) is 0 Å². The first-order valence-corrected chi connectivity index (χ1v) is 8.67. The Morgan fingerprint density at radius 2 is 1.27 bits per heavy atom. The highest BCUT2D eigenvalue weighted by molar-refractivity contribution is 6.25. The monoisotopic (exact) mass is 344 g/mol. The molecule has 0 aromatic heterocycles. The summed E-state index contributed by atoms with van der Waals surface area (Å²) in [4.78, 5) is 42.2. The fourth-order valence-electron chi connectivity index (χ4n) is 4.52. The molecule has 0 spiro atoms. The number of para-hydroxylation sites is 2. The van der Waals surface area contributed by atoms with E-state index in [1.165, 1.54) is 11.0 Å². The molecule has 2 saturated heterocycles. The van der Waals surface area contributed by atoms with Gasteiger partial charge in [0.2, 0.25) is 11.8 Å². The number of carbonyl (C=O) groups excluding carboxylic acids is 3. The molecule has 0 aliphatic carbocycles. The SMILES string of the molecule is O=C1C=C[C@H]2[C@@H]3C(=O)N(c4ccccc4)C(=O)[C@@H]3[C@H]1N2c1ccccc1. The molecule has 2 bridgehead atoms. The van der Waals surface area contributed by atoms with E-state index in [1.54, 1.807) is 30.3 Å². The highest BCUT2D eigenvalue weighted by Gasteiger charge is 2.64. The van der Waals surface area contributed by atoms with E-state index < -0.39 is 17.9 Å². The van der Waals surface area contributed by atoms with Gasteiger partial charge in [-0.15, -0.1) is 0 Å². The molecule has 3 aliphatic rings. The lowest BCUT2D eigenvalue weighted by Crippen LogP contribution is -2.49. The molecule has 0 N–H and O–H groups in total. The van der Waals surface area contributed by atoms with Gasteiger partial charge in [0.1, 0.15) is 6.04 Å². The van der Waals surface area contributed by atoms with Crippen molar-refractivity contribution in [3.05, 3.63) is 72.8 Å². The number of carbonyl (C=O) groups is 3. The van der Waals surface area contributed by atoms with Crippen molar-refractivity contribution in [1.82, 2.24) is 0 Å². The summed E-state index contributed by atoms with van der Waals surface area (Å²) in [5, 5.41) is 0. The molecule has 0 radical (unpaired) electrons. The fraction of sp³-hybridized carbons (Fsp3) is 0.190. The Labute approximate surface area is 150 Å². The van der Waals surface area contributed by atoms with Gasteiger partial charge >= 0.3 is 0 Å². The zero-order chi connectivity index (χ0) is 17.8. The highest BCUT2D eigenvalue weighted by atomic mass is 16.2. The van der Waals surface area contributed by atoms with Crippen molar-refractivity contribution in [2.24, 2.45) is 11.8 Å². The number of hydrogen-bond acceptors (Lipinski definition) is 4. The molecule has 0 saturated carbocycles. The third kappa shape index (κ3) is 1.88. The summed E-state index contributed by atoms with van der Waals surface area (Å²) in [5.41, 5.74) is 1.43. The Morgan fingerprint density at radius 3 is 1.92 bits per heavy atom. The van der Waals surface area contributed by atoms with Crippen molar-refractivity contribution in [2.45, 2.75) is 12.1 Å². The van der Waals surface area contributed by atoms with Crippen LogP contribution < -0.4 is 9.80 Å². The average Bonchev–Trinajstić information content (AvgIpc) is 3.09. The van der Waals surface area contributed by atoms with Crippen LogP contribution in [0.5, 0.6) is 0 Å². The molecule has 4 atom stereocenters. The highest BCUT2D eigenvalue weighted by Crippen LogP contribution is 2.48. The van der Waals surface area contributed by atoms with Crippen molar-refractivity contribution in [1.29, 1.82) is 0 Å². The van der Waals surface area contributed by atoms with E-state index in [-0.39, 0.29) is 23.6 Å². The van der Waals surface area contributed by atoms with E-state index in [1.807, 2.05) is 41.3 Å². The van der Waals surface area contributed by atoms with Crippen LogP contribution in [0.1, 0.15) is 0 Å². The van der Waals surface area contributed by atoms with Gasteiger partial charge in [0, 0.05) is 5.69 Å². The Kier molecular flexibility index (Phi) is 3.13. The lowest BCUT2D eigenvalue weighted by Gasteiger charge is -2.35. The minimum absolute atomic E-state index is 0.117. The summed E-state index contributed by atoms with van der Waals surface area (Å²) in [6.07, 6.45) is 3.30. The van der Waals surface area contributed by atoms with E-state index >= 15 is 0 Å². The first kappa shape index (κ1) is 15.1. The number of fused-ring (bicyclic) bond motifs is 5. The maximum absolute atomic E-state index is 13.2. The third-order valence-corrected chi connectivity index (χ3v) is 5.54. The number of rotatable bonds is 2. The number of ketones is 1. The van der Waals surface area contributed by atoms with Crippen LogP contribution in [0.25, 0.3) is 0 Å². The van der Waals surface area contributed by atoms with E-state index in [2.05, 4.69) is 0 Å². The van der Waals surface area contributed by atoms with Crippen LogP contribution in [0.4, 0.5) is 11.4 Å². The number of benzene rings is 2. The lowest BCUT2D eigenvalue weighted by molar-refractivity contribution is -0.125. The Morgan fingerprint density at radius 1 is 0.692 bits per heavy atom. The van der Waals surface area contributed by atoms with E-state index in [4.69, 9.17) is 0 Å². The molecule has 3 heterocycles. The van der Waals surface area contributed by atoms with Crippen LogP contribution in [-0.2, 0) is 14.4 Å². The lowest BCUT2D eigenvalue weighted by atomic mass is 9.90. The van der Waals surface area contributed by atoms with E-state index in [9.17, 15) is 14.4 Å². The third-order valence-electron chi connectivity index (χ3n) is 5.54. The fourth-order valence-corrected chi connectivity index (χ4v) is 4.52. The van der Waals surface area contributed by atoms with Crippen molar-refractivity contribution < 1.29 is 14.4 Å². The predicted octanol–water partition coefficient (Wildman–Crippen LogP) is 2.19. The van der Waals surface area contributed by atoms with Crippen LogP contribution in [0.2, 0.25) is 0 Å². The zero-order valence-electron chi connectivity index (χ0n) is 13.9. The first-order valence-electron chi connectivity index (χ1n) is 8.67. The molecular formula is C21H16N2O3. The summed E-state index contributed by atoms with van der Waals surface area (Å²) in [5.74, 6) is -1.80. The van der Waals surface area contributed by atoms with Gasteiger partial charge in [-0.1, -0.05) is 42.5 Å². The zero-order valence-corrected chi connectivity index (χ0v) is 13.9. The maximum atomic E-state index is 13.2. The Bertz CT molecular complexity index is 938. The molecule has 128 valence electrons. The van der Waals surface area contributed by atoms with Gasteiger partial charge in [-0.05, 0) is 30.3 Å². The second-order valence-electron chi connectivity index (χ2n) is 6.84. The quantitative estimate of drug-likeness (QED) is 0.784. The smallest absolute Gasteiger partial charge is 0.240 e. The Hall–Kier alpha value is -3.21. The second-order valence-corrected chi connectivity index (χ2v) is 6.84. The van der Waals surface area contributed by atoms with Gasteiger partial charge in [-0.25, -0.2) is 4.90 Å². The summed E-state index contributed by atoms with van der Waals surface area (Å²) in [7, 11) is 0. The van der Waals surface area contributed by atoms with Gasteiger partial charge in [-0.2, -0.15) is 0 Å². The van der Waals surface area contributed by atoms with Crippen molar-refractivity contribution in [3.63, 3.8) is 0 Å². The molecule has 3 aliphatic heterocycles. The maximum Gasteiger partial charge on any atom is 0.240 e. The van der Waals surface area contributed by atoms with Crippen LogP contribution in [0.15, 0.2) is 72.8 Å². The minimum Gasteiger partial charge on any atom is -0.353 e. The van der Waals surface area contributed by atoms with Crippen molar-refractivity contribution >= 4 is 29.0 Å². The molecule has 0 unspecified atom stereocenters. The largest absolute Gasteiger partial charge is 0.353 e. The summed E-state index contributed by atoms with van der Waals surface area (Å²) < 4.78 is 0. The molecule has 5 heteroatoms. The van der Waals surface area contributed by atoms with Gasteiger partial charge in [0.05, 0.1) is 23.6 Å². The molecule has 2 aromatic rings.